The van der Waals surface area contributed by atoms with Gasteiger partial charge in [0.1, 0.15) is 12.4 Å². The second kappa shape index (κ2) is 9.97. The van der Waals surface area contributed by atoms with Crippen LogP contribution in [0.4, 0.5) is 5.69 Å². The fourth-order valence-corrected chi connectivity index (χ4v) is 2.64. The fraction of sp³-hybridized carbons (Fsp3) is 0.130. The summed E-state index contributed by atoms with van der Waals surface area (Å²) in [4.78, 5) is 22.2. The van der Waals surface area contributed by atoms with Gasteiger partial charge in [0.25, 0.3) is 5.69 Å². The smallest absolute Gasteiger partial charge is 0.269 e. The van der Waals surface area contributed by atoms with Crippen molar-refractivity contribution in [2.45, 2.75) is 20.0 Å². The van der Waals surface area contributed by atoms with E-state index < -0.39 is 4.92 Å². The van der Waals surface area contributed by atoms with Gasteiger partial charge in [-0.3, -0.25) is 14.9 Å². The molecule has 0 spiro atoms. The average molecular weight is 403 g/mol. The summed E-state index contributed by atoms with van der Waals surface area (Å²) in [6, 6.07) is 21.2. The Kier molecular flexibility index (Phi) is 6.89. The Hall–Kier alpha value is -4.00. The second-order valence-electron chi connectivity index (χ2n) is 6.74. The number of benzene rings is 3. The molecule has 1 N–H and O–H groups in total. The molecule has 7 nitrogen and oxygen atoms in total. The number of nitro groups is 1. The average Bonchev–Trinajstić information content (AvgIpc) is 2.75. The fourth-order valence-electron chi connectivity index (χ4n) is 2.64. The predicted octanol–water partition coefficient (Wildman–Crippen LogP) is 4.18. The summed E-state index contributed by atoms with van der Waals surface area (Å²) >= 11 is 0. The van der Waals surface area contributed by atoms with Gasteiger partial charge in [-0.15, -0.1) is 0 Å². The molecule has 3 aromatic carbocycles. The normalized spacial score (nSPS) is 10.7. The summed E-state index contributed by atoms with van der Waals surface area (Å²) in [5, 5.41) is 14.7. The number of ether oxygens (including phenoxy) is 1. The van der Waals surface area contributed by atoms with E-state index in [0.717, 1.165) is 22.3 Å². The quantitative estimate of drug-likeness (QED) is 0.347. The minimum Gasteiger partial charge on any atom is -0.489 e. The highest BCUT2D eigenvalue weighted by Crippen LogP contribution is 2.16. The first-order valence-electron chi connectivity index (χ1n) is 9.33. The highest BCUT2D eigenvalue weighted by molar-refractivity contribution is 5.83. The van der Waals surface area contributed by atoms with Crippen molar-refractivity contribution in [2.75, 3.05) is 0 Å². The van der Waals surface area contributed by atoms with E-state index in [-0.39, 0.29) is 18.0 Å². The van der Waals surface area contributed by atoms with E-state index in [1.54, 1.807) is 30.5 Å². The van der Waals surface area contributed by atoms with Gasteiger partial charge in [0.2, 0.25) is 5.91 Å². The van der Waals surface area contributed by atoms with Crippen molar-refractivity contribution >= 4 is 17.8 Å². The molecule has 0 heterocycles. The maximum Gasteiger partial charge on any atom is 0.269 e. The zero-order valence-electron chi connectivity index (χ0n) is 16.4. The van der Waals surface area contributed by atoms with Gasteiger partial charge in [-0.25, -0.2) is 5.43 Å². The SMILES string of the molecule is Cc1ccc(CC(=O)N/N=C/c2ccc(OCc3ccc([N+](=O)[O-])cc3)cc2)cc1. The maximum absolute atomic E-state index is 11.9. The zero-order chi connectivity index (χ0) is 21.3. The number of amides is 1. The molecule has 0 atom stereocenters. The molecule has 0 aliphatic carbocycles. The third kappa shape index (κ3) is 6.27. The van der Waals surface area contributed by atoms with Crippen LogP contribution >= 0.6 is 0 Å². The molecule has 0 aliphatic rings. The Labute approximate surface area is 174 Å². The van der Waals surface area contributed by atoms with Gasteiger partial charge >= 0.3 is 0 Å². The van der Waals surface area contributed by atoms with E-state index in [4.69, 9.17) is 4.74 Å². The molecule has 0 unspecified atom stereocenters. The Morgan fingerprint density at radius 2 is 1.63 bits per heavy atom. The van der Waals surface area contributed by atoms with Crippen LogP contribution in [0.15, 0.2) is 77.9 Å². The van der Waals surface area contributed by atoms with Crippen molar-refractivity contribution in [1.29, 1.82) is 0 Å². The van der Waals surface area contributed by atoms with Crippen molar-refractivity contribution < 1.29 is 14.5 Å². The van der Waals surface area contributed by atoms with Crippen LogP contribution in [0.2, 0.25) is 0 Å². The summed E-state index contributed by atoms with van der Waals surface area (Å²) in [6.45, 7) is 2.31. The van der Waals surface area contributed by atoms with Crippen molar-refractivity contribution in [3.05, 3.63) is 105 Å². The molecule has 7 heteroatoms. The molecule has 0 fully saturated rings. The largest absolute Gasteiger partial charge is 0.489 e. The lowest BCUT2D eigenvalue weighted by atomic mass is 10.1. The first-order valence-corrected chi connectivity index (χ1v) is 9.33. The van der Waals surface area contributed by atoms with Crippen LogP contribution in [-0.4, -0.2) is 17.0 Å². The van der Waals surface area contributed by atoms with Crippen LogP contribution in [0.1, 0.15) is 22.3 Å². The van der Waals surface area contributed by atoms with Crippen molar-refractivity contribution in [3.8, 4) is 5.75 Å². The summed E-state index contributed by atoms with van der Waals surface area (Å²) in [7, 11) is 0. The number of carbonyl (C=O) groups is 1. The number of nitrogens with zero attached hydrogens (tertiary/aromatic N) is 2. The Morgan fingerprint density at radius 3 is 2.27 bits per heavy atom. The molecule has 0 bridgehead atoms. The molecule has 3 rings (SSSR count). The number of hydrogen-bond donors (Lipinski definition) is 1. The summed E-state index contributed by atoms with van der Waals surface area (Å²) in [6.07, 6.45) is 1.83. The summed E-state index contributed by atoms with van der Waals surface area (Å²) in [5.74, 6) is 0.479. The van der Waals surface area contributed by atoms with Crippen LogP contribution < -0.4 is 10.2 Å². The second-order valence-corrected chi connectivity index (χ2v) is 6.74. The number of nitro benzene ring substituents is 1. The summed E-state index contributed by atoms with van der Waals surface area (Å²) < 4.78 is 5.68. The Morgan fingerprint density at radius 1 is 1.00 bits per heavy atom. The molecule has 152 valence electrons. The molecule has 1 amide bonds. The van der Waals surface area contributed by atoms with Gasteiger partial charge < -0.3 is 4.74 Å². The molecule has 0 aliphatic heterocycles. The number of aryl methyl sites for hydroxylation is 1. The van der Waals surface area contributed by atoms with Crippen LogP contribution in [-0.2, 0) is 17.8 Å². The number of rotatable bonds is 8. The standard InChI is InChI=1S/C23H21N3O4/c1-17-2-4-18(5-3-17)14-23(27)25-24-15-19-8-12-22(13-9-19)30-16-20-6-10-21(11-7-20)26(28)29/h2-13,15H,14,16H2,1H3,(H,25,27)/b24-15+. The lowest BCUT2D eigenvalue weighted by Gasteiger charge is -2.06. The maximum atomic E-state index is 11.9. The van der Waals surface area contributed by atoms with Crippen LogP contribution in [0.25, 0.3) is 0 Å². The number of nitrogens with one attached hydrogen (secondary N) is 1. The zero-order valence-corrected chi connectivity index (χ0v) is 16.4. The van der Waals surface area contributed by atoms with Crippen LogP contribution in [0, 0.1) is 17.0 Å². The van der Waals surface area contributed by atoms with Crippen molar-refractivity contribution in [1.82, 2.24) is 5.43 Å². The number of carbonyl (C=O) groups excluding carboxylic acids is 1. The van der Waals surface area contributed by atoms with Gasteiger partial charge in [0, 0.05) is 12.1 Å². The van der Waals surface area contributed by atoms with Crippen LogP contribution in [0.3, 0.4) is 0 Å². The first-order chi connectivity index (χ1) is 14.5. The number of hydrazone groups is 1. The van der Waals surface area contributed by atoms with Gasteiger partial charge in [-0.05, 0) is 60.0 Å². The van der Waals surface area contributed by atoms with E-state index in [2.05, 4.69) is 10.5 Å². The molecule has 0 aromatic heterocycles. The highest BCUT2D eigenvalue weighted by atomic mass is 16.6. The third-order valence-electron chi connectivity index (χ3n) is 4.32. The monoisotopic (exact) mass is 403 g/mol. The molecular formula is C23H21N3O4. The van der Waals surface area contributed by atoms with Crippen LogP contribution in [0.5, 0.6) is 5.75 Å². The van der Waals surface area contributed by atoms with Gasteiger partial charge in [-0.2, -0.15) is 5.10 Å². The Bertz CT molecular complexity index is 1030. The van der Waals surface area contributed by atoms with Gasteiger partial charge in [0.15, 0.2) is 0 Å². The first kappa shape index (κ1) is 20.7. The van der Waals surface area contributed by atoms with Crippen molar-refractivity contribution in [2.24, 2.45) is 5.10 Å². The lowest BCUT2D eigenvalue weighted by molar-refractivity contribution is -0.384. The highest BCUT2D eigenvalue weighted by Gasteiger charge is 2.04. The molecule has 3 aromatic rings. The van der Waals surface area contributed by atoms with E-state index in [0.29, 0.717) is 12.4 Å². The van der Waals surface area contributed by atoms with Crippen molar-refractivity contribution in [3.63, 3.8) is 0 Å². The molecular weight excluding hydrogens is 382 g/mol. The minimum absolute atomic E-state index is 0.0494. The molecule has 0 saturated carbocycles. The lowest BCUT2D eigenvalue weighted by Crippen LogP contribution is -2.19. The predicted molar refractivity (Wildman–Crippen MR) is 114 cm³/mol. The van der Waals surface area contributed by atoms with E-state index >= 15 is 0 Å². The molecule has 0 radical (unpaired) electrons. The van der Waals surface area contributed by atoms with E-state index in [9.17, 15) is 14.9 Å². The molecule has 0 saturated heterocycles. The third-order valence-corrected chi connectivity index (χ3v) is 4.32. The number of non-ortho nitro benzene ring substituents is 1. The van der Waals surface area contributed by atoms with E-state index in [1.165, 1.54) is 12.1 Å². The number of hydrogen-bond acceptors (Lipinski definition) is 5. The molecule has 30 heavy (non-hydrogen) atoms. The summed E-state index contributed by atoms with van der Waals surface area (Å²) in [5.41, 5.74) is 6.30. The van der Waals surface area contributed by atoms with E-state index in [1.807, 2.05) is 43.3 Å². The van der Waals surface area contributed by atoms with Gasteiger partial charge in [-0.1, -0.05) is 29.8 Å². The minimum atomic E-state index is -0.435. The van der Waals surface area contributed by atoms with Gasteiger partial charge in [0.05, 0.1) is 17.6 Å². The topological polar surface area (TPSA) is 93.8 Å². The Balaban J connectivity index is 1.46.